The molecule has 1 aliphatic carbocycles. The second-order valence-electron chi connectivity index (χ2n) is 6.56. The Hall–Kier alpha value is -2.76. The highest BCUT2D eigenvalue weighted by Gasteiger charge is 2.35. The minimum atomic E-state index is -0.192. The summed E-state index contributed by atoms with van der Waals surface area (Å²) in [7, 11) is 0. The Labute approximate surface area is 145 Å². The van der Waals surface area contributed by atoms with E-state index in [4.69, 9.17) is 0 Å². The Morgan fingerprint density at radius 2 is 1.92 bits per heavy atom. The summed E-state index contributed by atoms with van der Waals surface area (Å²) in [6.45, 7) is 0.760. The van der Waals surface area contributed by atoms with E-state index in [1.54, 1.807) is 35.4 Å². The lowest BCUT2D eigenvalue weighted by Gasteiger charge is -2.30. The van der Waals surface area contributed by atoms with Crippen LogP contribution >= 0.6 is 0 Å². The van der Waals surface area contributed by atoms with Crippen LogP contribution in [0.4, 0.5) is 10.2 Å². The van der Waals surface area contributed by atoms with Gasteiger partial charge in [0.1, 0.15) is 11.6 Å². The predicted molar refractivity (Wildman–Crippen MR) is 94.2 cm³/mol. The number of anilines is 1. The zero-order valence-corrected chi connectivity index (χ0v) is 13.9. The van der Waals surface area contributed by atoms with E-state index in [1.807, 2.05) is 24.4 Å². The molecule has 1 N–H and O–H groups in total. The maximum atomic E-state index is 13.3. The average molecular weight is 337 g/mol. The van der Waals surface area contributed by atoms with Crippen LogP contribution in [0.25, 0.3) is 5.82 Å². The first kappa shape index (κ1) is 15.7. The second kappa shape index (κ2) is 6.63. The van der Waals surface area contributed by atoms with Gasteiger partial charge in [-0.2, -0.15) is 5.10 Å². The van der Waals surface area contributed by atoms with Crippen LogP contribution < -0.4 is 5.32 Å². The number of hydrogen-bond acceptors (Lipinski definition) is 4. The number of hydrogen-bond donors (Lipinski definition) is 1. The Balaban J connectivity index is 1.54. The fraction of sp³-hybridized carbons (Fsp3) is 0.316. The van der Waals surface area contributed by atoms with Crippen molar-refractivity contribution in [3.8, 4) is 5.82 Å². The first-order valence-electron chi connectivity index (χ1n) is 8.57. The van der Waals surface area contributed by atoms with Crippen LogP contribution in [0.1, 0.15) is 31.2 Å². The standard InChI is InChI=1S/C19H20FN5/c20-16-6-4-15(5-7-16)19(8-1-2-9-19)14-22-17-12-21-13-18(24-17)25-11-3-10-23-25/h3-7,10-13H,1-2,8-9,14H2,(H,22,24). The molecule has 0 radical (unpaired) electrons. The molecule has 1 aliphatic rings. The number of benzene rings is 1. The van der Waals surface area contributed by atoms with E-state index in [0.29, 0.717) is 5.82 Å². The minimum absolute atomic E-state index is 0.0249. The summed E-state index contributed by atoms with van der Waals surface area (Å²) in [5, 5.41) is 7.62. The SMILES string of the molecule is Fc1ccc(C2(CNc3cncc(-n4cccn4)n3)CCCC2)cc1. The van der Waals surface area contributed by atoms with E-state index < -0.39 is 0 Å². The van der Waals surface area contributed by atoms with E-state index in [1.165, 1.54) is 18.4 Å². The third-order valence-corrected chi connectivity index (χ3v) is 4.99. The summed E-state index contributed by atoms with van der Waals surface area (Å²) in [5.74, 6) is 1.21. The molecule has 6 heteroatoms. The monoisotopic (exact) mass is 337 g/mol. The number of aromatic nitrogens is 4. The van der Waals surface area contributed by atoms with Crippen molar-refractivity contribution < 1.29 is 4.39 Å². The smallest absolute Gasteiger partial charge is 0.173 e. The van der Waals surface area contributed by atoms with Crippen molar-refractivity contribution in [1.82, 2.24) is 19.7 Å². The van der Waals surface area contributed by atoms with E-state index in [0.717, 1.165) is 25.2 Å². The van der Waals surface area contributed by atoms with Crippen molar-refractivity contribution in [2.24, 2.45) is 0 Å². The molecule has 0 saturated heterocycles. The third-order valence-electron chi connectivity index (χ3n) is 4.99. The molecule has 4 rings (SSSR count). The Morgan fingerprint density at radius 3 is 2.64 bits per heavy atom. The molecule has 0 aliphatic heterocycles. The molecule has 1 aromatic carbocycles. The van der Waals surface area contributed by atoms with E-state index in [2.05, 4.69) is 20.4 Å². The predicted octanol–water partition coefficient (Wildman–Crippen LogP) is 3.73. The highest BCUT2D eigenvalue weighted by molar-refractivity contribution is 5.38. The Morgan fingerprint density at radius 1 is 1.12 bits per heavy atom. The van der Waals surface area contributed by atoms with Crippen LogP contribution in [-0.4, -0.2) is 26.3 Å². The molecule has 1 saturated carbocycles. The van der Waals surface area contributed by atoms with Gasteiger partial charge in [0.25, 0.3) is 0 Å². The van der Waals surface area contributed by atoms with Crippen LogP contribution in [0, 0.1) is 5.82 Å². The van der Waals surface area contributed by atoms with Gasteiger partial charge in [-0.25, -0.2) is 14.1 Å². The zero-order chi connectivity index (χ0) is 17.1. The highest BCUT2D eigenvalue weighted by atomic mass is 19.1. The Kier molecular flexibility index (Phi) is 4.17. The molecule has 128 valence electrons. The molecule has 1 fully saturated rings. The molecule has 3 aromatic rings. The van der Waals surface area contributed by atoms with Crippen molar-refractivity contribution in [3.63, 3.8) is 0 Å². The van der Waals surface area contributed by atoms with Crippen LogP contribution in [0.5, 0.6) is 0 Å². The molecule has 0 bridgehead atoms. The van der Waals surface area contributed by atoms with Gasteiger partial charge in [0, 0.05) is 24.4 Å². The summed E-state index contributed by atoms with van der Waals surface area (Å²) in [4.78, 5) is 8.84. The lowest BCUT2D eigenvalue weighted by molar-refractivity contribution is 0.465. The summed E-state index contributed by atoms with van der Waals surface area (Å²) < 4.78 is 15.0. The second-order valence-corrected chi connectivity index (χ2v) is 6.56. The summed E-state index contributed by atoms with van der Waals surface area (Å²) in [5.41, 5.74) is 1.21. The van der Waals surface area contributed by atoms with E-state index in [9.17, 15) is 4.39 Å². The topological polar surface area (TPSA) is 55.6 Å². The molecule has 0 unspecified atom stereocenters. The molecular weight excluding hydrogens is 317 g/mol. The van der Waals surface area contributed by atoms with Gasteiger partial charge in [-0.15, -0.1) is 0 Å². The molecule has 0 spiro atoms. The first-order chi connectivity index (χ1) is 12.3. The highest BCUT2D eigenvalue weighted by Crippen LogP contribution is 2.41. The van der Waals surface area contributed by atoms with Crippen molar-refractivity contribution in [2.45, 2.75) is 31.1 Å². The lowest BCUT2D eigenvalue weighted by Crippen LogP contribution is -2.31. The van der Waals surface area contributed by atoms with E-state index >= 15 is 0 Å². The van der Waals surface area contributed by atoms with Gasteiger partial charge in [0.15, 0.2) is 5.82 Å². The van der Waals surface area contributed by atoms with Crippen molar-refractivity contribution in [2.75, 3.05) is 11.9 Å². The minimum Gasteiger partial charge on any atom is -0.368 e. The molecule has 25 heavy (non-hydrogen) atoms. The fourth-order valence-electron chi connectivity index (χ4n) is 3.64. The van der Waals surface area contributed by atoms with Crippen molar-refractivity contribution in [3.05, 3.63) is 66.5 Å². The molecular formula is C19H20FN5. The van der Waals surface area contributed by atoms with Crippen LogP contribution in [0.2, 0.25) is 0 Å². The number of nitrogens with one attached hydrogen (secondary N) is 1. The van der Waals surface area contributed by atoms with Crippen LogP contribution in [0.3, 0.4) is 0 Å². The molecule has 2 aromatic heterocycles. The van der Waals surface area contributed by atoms with Crippen molar-refractivity contribution in [1.29, 1.82) is 0 Å². The van der Waals surface area contributed by atoms with E-state index in [-0.39, 0.29) is 11.2 Å². The maximum Gasteiger partial charge on any atom is 0.173 e. The van der Waals surface area contributed by atoms with Gasteiger partial charge < -0.3 is 5.32 Å². The number of nitrogens with zero attached hydrogens (tertiary/aromatic N) is 4. The lowest BCUT2D eigenvalue weighted by atomic mass is 9.79. The average Bonchev–Trinajstić information content (AvgIpc) is 3.34. The number of halogens is 1. The summed E-state index contributed by atoms with van der Waals surface area (Å²) >= 11 is 0. The van der Waals surface area contributed by atoms with Gasteiger partial charge in [-0.3, -0.25) is 4.98 Å². The fourth-order valence-corrected chi connectivity index (χ4v) is 3.64. The molecule has 0 amide bonds. The first-order valence-corrected chi connectivity index (χ1v) is 8.57. The quantitative estimate of drug-likeness (QED) is 0.771. The largest absolute Gasteiger partial charge is 0.368 e. The van der Waals surface area contributed by atoms with Gasteiger partial charge >= 0.3 is 0 Å². The van der Waals surface area contributed by atoms with Gasteiger partial charge in [0.2, 0.25) is 0 Å². The maximum absolute atomic E-state index is 13.3. The van der Waals surface area contributed by atoms with Gasteiger partial charge in [-0.05, 0) is 36.6 Å². The van der Waals surface area contributed by atoms with Gasteiger partial charge in [0.05, 0.1) is 12.4 Å². The number of rotatable bonds is 5. The van der Waals surface area contributed by atoms with Crippen LogP contribution in [0.15, 0.2) is 55.1 Å². The zero-order valence-electron chi connectivity index (χ0n) is 13.9. The summed E-state index contributed by atoms with van der Waals surface area (Å²) in [6.07, 6.45) is 11.5. The third kappa shape index (κ3) is 3.24. The summed E-state index contributed by atoms with van der Waals surface area (Å²) in [6, 6.07) is 8.77. The molecule has 5 nitrogen and oxygen atoms in total. The Bertz CT molecular complexity index is 823. The molecule has 2 heterocycles. The normalized spacial score (nSPS) is 16.0. The van der Waals surface area contributed by atoms with Crippen LogP contribution in [-0.2, 0) is 5.41 Å². The molecule has 0 atom stereocenters. The van der Waals surface area contributed by atoms with Crippen molar-refractivity contribution >= 4 is 5.82 Å². The van der Waals surface area contributed by atoms with Gasteiger partial charge in [-0.1, -0.05) is 25.0 Å².